The quantitative estimate of drug-likeness (QED) is 0.466. The van der Waals surface area contributed by atoms with Gasteiger partial charge in [0.25, 0.3) is 0 Å². The Morgan fingerprint density at radius 2 is 1.21 bits per heavy atom. The van der Waals surface area contributed by atoms with Gasteiger partial charge in [-0.25, -0.2) is 4.79 Å². The summed E-state index contributed by atoms with van der Waals surface area (Å²) in [5.74, 6) is -3.08. The topological polar surface area (TPSA) is 124 Å². The van der Waals surface area contributed by atoms with Crippen LogP contribution in [0.25, 0.3) is 0 Å². The first-order chi connectivity index (χ1) is 11.2. The van der Waals surface area contributed by atoms with Gasteiger partial charge in [-0.05, 0) is 0 Å². The van der Waals surface area contributed by atoms with Gasteiger partial charge in [-0.3, -0.25) is 14.4 Å². The van der Waals surface area contributed by atoms with Gasteiger partial charge < -0.3 is 28.4 Å². The van der Waals surface area contributed by atoms with Gasteiger partial charge in [-0.15, -0.1) is 0 Å². The van der Waals surface area contributed by atoms with E-state index in [2.05, 4.69) is 4.74 Å². The van der Waals surface area contributed by atoms with Gasteiger partial charge in [0.2, 0.25) is 0 Å². The second-order valence-corrected chi connectivity index (χ2v) is 4.91. The predicted molar refractivity (Wildman–Crippen MR) is 74.3 cm³/mol. The largest absolute Gasteiger partial charge is 0.467 e. The number of methoxy groups -OCH3 is 2. The zero-order valence-electron chi connectivity index (χ0n) is 14.0. The minimum Gasteiger partial charge on any atom is -0.467 e. The van der Waals surface area contributed by atoms with Crippen molar-refractivity contribution in [2.24, 2.45) is 0 Å². The van der Waals surface area contributed by atoms with Crippen LogP contribution in [-0.2, 0) is 47.6 Å². The summed E-state index contributed by atoms with van der Waals surface area (Å²) in [4.78, 5) is 46.1. The molecule has 1 heterocycles. The fourth-order valence-corrected chi connectivity index (χ4v) is 2.27. The van der Waals surface area contributed by atoms with E-state index in [9.17, 15) is 19.2 Å². The van der Waals surface area contributed by atoms with Crippen LogP contribution in [0.5, 0.6) is 0 Å². The molecule has 0 spiro atoms. The molecule has 0 N–H and O–H groups in total. The van der Waals surface area contributed by atoms with Crippen LogP contribution in [0.15, 0.2) is 0 Å². The molecule has 1 fully saturated rings. The van der Waals surface area contributed by atoms with E-state index in [1.807, 2.05) is 0 Å². The van der Waals surface area contributed by atoms with Crippen molar-refractivity contribution in [2.75, 3.05) is 14.2 Å². The van der Waals surface area contributed by atoms with Gasteiger partial charge in [0, 0.05) is 27.9 Å². The van der Waals surface area contributed by atoms with Crippen LogP contribution in [0.1, 0.15) is 20.8 Å². The standard InChI is InChI=1S/C14H20O10/c1-6(15)21-9-10(22-7(2)16)12(23-8(3)17)14(20-5)24-11(9)13(18)19-4/h9-12,14H,1-5H3/t9-,10?,11?,12-,14+/m0/s1. The third-order valence-electron chi connectivity index (χ3n) is 3.07. The predicted octanol–water partition coefficient (Wildman–Crippen LogP) is -0.674. The van der Waals surface area contributed by atoms with Crippen LogP contribution in [0.4, 0.5) is 0 Å². The maximum Gasteiger partial charge on any atom is 0.339 e. The van der Waals surface area contributed by atoms with Gasteiger partial charge in [-0.2, -0.15) is 0 Å². The summed E-state index contributed by atoms with van der Waals surface area (Å²) in [7, 11) is 2.35. The number of carbonyl (C=O) groups is 4. The summed E-state index contributed by atoms with van der Waals surface area (Å²) in [5.41, 5.74) is 0. The third-order valence-corrected chi connectivity index (χ3v) is 3.07. The summed E-state index contributed by atoms with van der Waals surface area (Å²) >= 11 is 0. The lowest BCUT2D eigenvalue weighted by molar-refractivity contribution is -0.296. The Balaban J connectivity index is 3.28. The Labute approximate surface area is 138 Å². The Morgan fingerprint density at radius 1 is 0.750 bits per heavy atom. The van der Waals surface area contributed by atoms with Crippen molar-refractivity contribution in [3.05, 3.63) is 0 Å². The molecule has 5 atom stereocenters. The van der Waals surface area contributed by atoms with E-state index in [4.69, 9.17) is 23.7 Å². The molecule has 0 aromatic rings. The molecule has 1 aliphatic rings. The highest BCUT2D eigenvalue weighted by Crippen LogP contribution is 2.29. The molecule has 2 unspecified atom stereocenters. The Bertz CT molecular complexity index is 502. The van der Waals surface area contributed by atoms with Crippen LogP contribution in [0.3, 0.4) is 0 Å². The highest BCUT2D eigenvalue weighted by molar-refractivity contribution is 5.77. The summed E-state index contributed by atoms with van der Waals surface area (Å²) in [6, 6.07) is 0. The maximum atomic E-state index is 11.9. The van der Waals surface area contributed by atoms with Gasteiger partial charge >= 0.3 is 23.9 Å². The summed E-state index contributed by atoms with van der Waals surface area (Å²) < 4.78 is 30.3. The molecule has 10 nitrogen and oxygen atoms in total. The third kappa shape index (κ3) is 4.90. The van der Waals surface area contributed by atoms with Crippen molar-refractivity contribution >= 4 is 23.9 Å². The Morgan fingerprint density at radius 3 is 1.62 bits per heavy atom. The van der Waals surface area contributed by atoms with Crippen LogP contribution in [0.2, 0.25) is 0 Å². The summed E-state index contributed by atoms with van der Waals surface area (Å²) in [6.07, 6.45) is -6.62. The van der Waals surface area contributed by atoms with Crippen molar-refractivity contribution in [1.29, 1.82) is 0 Å². The van der Waals surface area contributed by atoms with Crippen molar-refractivity contribution in [2.45, 2.75) is 51.5 Å². The second kappa shape index (κ2) is 8.60. The lowest BCUT2D eigenvalue weighted by Gasteiger charge is -2.42. The van der Waals surface area contributed by atoms with Crippen molar-refractivity contribution in [1.82, 2.24) is 0 Å². The monoisotopic (exact) mass is 348 g/mol. The van der Waals surface area contributed by atoms with E-state index in [1.54, 1.807) is 0 Å². The van der Waals surface area contributed by atoms with E-state index in [-0.39, 0.29) is 0 Å². The fraction of sp³-hybridized carbons (Fsp3) is 0.714. The molecule has 0 aliphatic carbocycles. The molecular formula is C14H20O10. The lowest BCUT2D eigenvalue weighted by Crippen LogP contribution is -2.63. The number of rotatable bonds is 5. The molecule has 0 saturated carbocycles. The molecule has 24 heavy (non-hydrogen) atoms. The van der Waals surface area contributed by atoms with Gasteiger partial charge in [0.05, 0.1) is 7.11 Å². The first-order valence-corrected chi connectivity index (χ1v) is 6.99. The van der Waals surface area contributed by atoms with Crippen LogP contribution >= 0.6 is 0 Å². The zero-order valence-corrected chi connectivity index (χ0v) is 14.0. The van der Waals surface area contributed by atoms with E-state index in [1.165, 1.54) is 7.11 Å². The molecular weight excluding hydrogens is 328 g/mol. The fourth-order valence-electron chi connectivity index (χ4n) is 2.27. The highest BCUT2D eigenvalue weighted by Gasteiger charge is 2.54. The molecule has 1 aliphatic heterocycles. The van der Waals surface area contributed by atoms with Crippen LogP contribution < -0.4 is 0 Å². The van der Waals surface area contributed by atoms with Gasteiger partial charge in [0.15, 0.2) is 30.7 Å². The molecule has 0 amide bonds. The molecule has 0 aromatic carbocycles. The van der Waals surface area contributed by atoms with E-state index in [0.717, 1.165) is 27.9 Å². The van der Waals surface area contributed by atoms with E-state index < -0.39 is 54.6 Å². The smallest absolute Gasteiger partial charge is 0.339 e. The van der Waals surface area contributed by atoms with E-state index >= 15 is 0 Å². The minimum atomic E-state index is -1.43. The molecule has 10 heteroatoms. The van der Waals surface area contributed by atoms with Crippen molar-refractivity contribution in [3.63, 3.8) is 0 Å². The van der Waals surface area contributed by atoms with E-state index in [0.29, 0.717) is 0 Å². The SMILES string of the molecule is COC(=O)C1O[C@@H](OC)[C@@H](OC(C)=O)C(OC(C)=O)[C@@H]1OC(C)=O. The molecule has 136 valence electrons. The average molecular weight is 348 g/mol. The number of hydrogen-bond donors (Lipinski definition) is 0. The molecule has 1 saturated heterocycles. The average Bonchev–Trinajstić information content (AvgIpc) is 2.48. The highest BCUT2D eigenvalue weighted by atomic mass is 16.7. The number of esters is 4. The number of ether oxygens (including phenoxy) is 6. The Hall–Kier alpha value is -2.20. The first-order valence-electron chi connectivity index (χ1n) is 6.99. The zero-order chi connectivity index (χ0) is 18.4. The van der Waals surface area contributed by atoms with Crippen molar-refractivity contribution < 1.29 is 47.6 Å². The van der Waals surface area contributed by atoms with Gasteiger partial charge in [-0.1, -0.05) is 0 Å². The molecule has 0 bridgehead atoms. The molecule has 0 radical (unpaired) electrons. The molecule has 0 aromatic heterocycles. The maximum absolute atomic E-state index is 11.9. The Kier molecular flexibility index (Phi) is 7.11. The van der Waals surface area contributed by atoms with Crippen LogP contribution in [-0.4, -0.2) is 68.8 Å². The second-order valence-electron chi connectivity index (χ2n) is 4.91. The number of carbonyl (C=O) groups excluding carboxylic acids is 4. The summed E-state index contributed by atoms with van der Waals surface area (Å²) in [6.45, 7) is 3.34. The normalized spacial score (nSPS) is 29.3. The first kappa shape index (κ1) is 19.8. The lowest BCUT2D eigenvalue weighted by atomic mass is 9.97. The number of hydrogen-bond acceptors (Lipinski definition) is 10. The van der Waals surface area contributed by atoms with Gasteiger partial charge in [0.1, 0.15) is 0 Å². The van der Waals surface area contributed by atoms with Crippen molar-refractivity contribution in [3.8, 4) is 0 Å². The molecule has 1 rings (SSSR count). The summed E-state index contributed by atoms with van der Waals surface area (Å²) in [5, 5.41) is 0. The van der Waals surface area contributed by atoms with Crippen LogP contribution in [0, 0.1) is 0 Å². The minimum absolute atomic E-state index is 0.708.